The van der Waals surface area contributed by atoms with Gasteiger partial charge >= 0.3 is 0 Å². The largest absolute Gasteiger partial charge is 0.356 e. The van der Waals surface area contributed by atoms with E-state index < -0.39 is 0 Å². The molecule has 0 bridgehead atoms. The van der Waals surface area contributed by atoms with Crippen molar-refractivity contribution >= 4 is 5.91 Å². The summed E-state index contributed by atoms with van der Waals surface area (Å²) in [5.41, 5.74) is 6.05. The number of amides is 1. The lowest BCUT2D eigenvalue weighted by Crippen LogP contribution is -2.40. The standard InChI is InChI=1S/C18H34N2O/c1-3-14-7-9-15(10-8-14)12-20-18(21)13(2)16-5-4-6-17(19)11-16/h13-17H,3-12,19H2,1-2H3,(H,20,21). The fraction of sp³-hybridized carbons (Fsp3) is 0.944. The van der Waals surface area contributed by atoms with Gasteiger partial charge < -0.3 is 11.1 Å². The van der Waals surface area contributed by atoms with Crippen LogP contribution in [0.5, 0.6) is 0 Å². The molecule has 3 nitrogen and oxygen atoms in total. The molecule has 0 aromatic rings. The van der Waals surface area contributed by atoms with Gasteiger partial charge in [0.05, 0.1) is 0 Å². The van der Waals surface area contributed by atoms with Crippen LogP contribution in [-0.4, -0.2) is 18.5 Å². The molecular formula is C18H34N2O. The van der Waals surface area contributed by atoms with E-state index in [0.717, 1.165) is 25.3 Å². The molecular weight excluding hydrogens is 260 g/mol. The topological polar surface area (TPSA) is 55.1 Å². The van der Waals surface area contributed by atoms with Gasteiger partial charge in [-0.3, -0.25) is 4.79 Å². The second kappa shape index (κ2) is 8.17. The number of rotatable bonds is 5. The van der Waals surface area contributed by atoms with E-state index >= 15 is 0 Å². The van der Waals surface area contributed by atoms with Gasteiger partial charge in [-0.2, -0.15) is 0 Å². The Morgan fingerprint density at radius 2 is 1.81 bits per heavy atom. The van der Waals surface area contributed by atoms with Crippen molar-refractivity contribution in [2.45, 2.75) is 77.7 Å². The number of hydrogen-bond acceptors (Lipinski definition) is 2. The Balaban J connectivity index is 1.69. The zero-order valence-electron chi connectivity index (χ0n) is 13.9. The Morgan fingerprint density at radius 1 is 1.14 bits per heavy atom. The third kappa shape index (κ3) is 4.98. The Hall–Kier alpha value is -0.570. The van der Waals surface area contributed by atoms with Gasteiger partial charge in [0, 0.05) is 18.5 Å². The summed E-state index contributed by atoms with van der Waals surface area (Å²) in [7, 11) is 0. The highest BCUT2D eigenvalue weighted by molar-refractivity contribution is 5.78. The molecule has 3 heteroatoms. The van der Waals surface area contributed by atoms with Crippen molar-refractivity contribution in [2.75, 3.05) is 6.54 Å². The maximum atomic E-state index is 12.4. The summed E-state index contributed by atoms with van der Waals surface area (Å²) in [5.74, 6) is 2.51. The van der Waals surface area contributed by atoms with Crippen LogP contribution in [0.15, 0.2) is 0 Å². The molecule has 2 rings (SSSR count). The minimum absolute atomic E-state index is 0.128. The first-order valence-electron chi connectivity index (χ1n) is 9.13. The monoisotopic (exact) mass is 294 g/mol. The lowest BCUT2D eigenvalue weighted by molar-refractivity contribution is -0.126. The maximum absolute atomic E-state index is 12.4. The van der Waals surface area contributed by atoms with E-state index in [1.807, 2.05) is 0 Å². The Kier molecular flexibility index (Phi) is 6.53. The van der Waals surface area contributed by atoms with Gasteiger partial charge in [-0.05, 0) is 49.9 Å². The van der Waals surface area contributed by atoms with E-state index in [1.165, 1.54) is 44.9 Å². The molecule has 0 radical (unpaired) electrons. The summed E-state index contributed by atoms with van der Waals surface area (Å²) in [6.45, 7) is 5.27. The third-order valence-electron chi connectivity index (χ3n) is 5.98. The van der Waals surface area contributed by atoms with Crippen molar-refractivity contribution in [3.63, 3.8) is 0 Å². The van der Waals surface area contributed by atoms with Crippen molar-refractivity contribution in [3.05, 3.63) is 0 Å². The predicted octanol–water partition coefficient (Wildman–Crippen LogP) is 3.47. The number of carbonyl (C=O) groups excluding carboxylic acids is 1. The molecule has 2 aliphatic rings. The molecule has 0 heterocycles. The lowest BCUT2D eigenvalue weighted by atomic mass is 9.78. The Morgan fingerprint density at radius 3 is 2.43 bits per heavy atom. The van der Waals surface area contributed by atoms with Crippen LogP contribution in [0.3, 0.4) is 0 Å². The first-order valence-corrected chi connectivity index (χ1v) is 9.13. The zero-order valence-corrected chi connectivity index (χ0v) is 13.9. The molecule has 0 aliphatic heterocycles. The number of nitrogens with one attached hydrogen (secondary N) is 1. The van der Waals surface area contributed by atoms with E-state index in [1.54, 1.807) is 0 Å². The summed E-state index contributed by atoms with van der Waals surface area (Å²) in [6, 6.07) is 0.309. The van der Waals surface area contributed by atoms with Crippen LogP contribution in [0.25, 0.3) is 0 Å². The van der Waals surface area contributed by atoms with E-state index in [2.05, 4.69) is 19.2 Å². The first-order chi connectivity index (χ1) is 10.1. The Bertz CT molecular complexity index is 323. The van der Waals surface area contributed by atoms with Gasteiger partial charge in [-0.15, -0.1) is 0 Å². The van der Waals surface area contributed by atoms with Crippen molar-refractivity contribution in [1.82, 2.24) is 5.32 Å². The summed E-state index contributed by atoms with van der Waals surface area (Å²) >= 11 is 0. The number of hydrogen-bond donors (Lipinski definition) is 2. The van der Waals surface area contributed by atoms with E-state index in [4.69, 9.17) is 5.73 Å². The molecule has 2 fully saturated rings. The van der Waals surface area contributed by atoms with Crippen LogP contribution in [0.4, 0.5) is 0 Å². The van der Waals surface area contributed by atoms with Gasteiger partial charge in [0.25, 0.3) is 0 Å². The van der Waals surface area contributed by atoms with Crippen molar-refractivity contribution < 1.29 is 4.79 Å². The van der Waals surface area contributed by atoms with Crippen molar-refractivity contribution in [3.8, 4) is 0 Å². The van der Waals surface area contributed by atoms with Gasteiger partial charge in [0.2, 0.25) is 5.91 Å². The molecule has 0 aromatic carbocycles. The second-order valence-electron chi connectivity index (χ2n) is 7.52. The molecule has 2 saturated carbocycles. The third-order valence-corrected chi connectivity index (χ3v) is 5.98. The van der Waals surface area contributed by atoms with Crippen LogP contribution in [0, 0.1) is 23.7 Å². The van der Waals surface area contributed by atoms with Gasteiger partial charge in [0.15, 0.2) is 0 Å². The van der Waals surface area contributed by atoms with E-state index in [9.17, 15) is 4.79 Å². The van der Waals surface area contributed by atoms with Crippen LogP contribution >= 0.6 is 0 Å². The maximum Gasteiger partial charge on any atom is 0.223 e. The van der Waals surface area contributed by atoms with Crippen LogP contribution in [0.1, 0.15) is 71.6 Å². The highest BCUT2D eigenvalue weighted by Gasteiger charge is 2.29. The molecule has 122 valence electrons. The SMILES string of the molecule is CCC1CCC(CNC(=O)C(C)C2CCCC(N)C2)CC1. The Labute approximate surface area is 130 Å². The fourth-order valence-corrected chi connectivity index (χ4v) is 4.18. The van der Waals surface area contributed by atoms with Gasteiger partial charge in [0.1, 0.15) is 0 Å². The smallest absolute Gasteiger partial charge is 0.223 e. The highest BCUT2D eigenvalue weighted by atomic mass is 16.1. The molecule has 0 saturated heterocycles. The summed E-state index contributed by atoms with van der Waals surface area (Å²) in [4.78, 5) is 12.4. The average molecular weight is 294 g/mol. The number of nitrogens with two attached hydrogens (primary N) is 1. The minimum atomic E-state index is 0.128. The van der Waals surface area contributed by atoms with Crippen molar-refractivity contribution in [1.29, 1.82) is 0 Å². The van der Waals surface area contributed by atoms with E-state index in [0.29, 0.717) is 17.9 Å². The normalized spacial score (nSPS) is 35.2. The molecule has 0 aromatic heterocycles. The lowest BCUT2D eigenvalue weighted by Gasteiger charge is -2.31. The molecule has 2 aliphatic carbocycles. The summed E-state index contributed by atoms with van der Waals surface area (Å²) < 4.78 is 0. The van der Waals surface area contributed by atoms with Gasteiger partial charge in [-0.1, -0.05) is 39.5 Å². The van der Waals surface area contributed by atoms with Crippen LogP contribution in [0.2, 0.25) is 0 Å². The quantitative estimate of drug-likeness (QED) is 0.815. The molecule has 0 spiro atoms. The second-order valence-corrected chi connectivity index (χ2v) is 7.52. The molecule has 3 atom stereocenters. The predicted molar refractivity (Wildman–Crippen MR) is 87.8 cm³/mol. The van der Waals surface area contributed by atoms with Crippen molar-refractivity contribution in [2.24, 2.45) is 29.4 Å². The van der Waals surface area contributed by atoms with Gasteiger partial charge in [-0.25, -0.2) is 0 Å². The minimum Gasteiger partial charge on any atom is -0.356 e. The summed E-state index contributed by atoms with van der Waals surface area (Å²) in [6.07, 6.45) is 11.1. The molecule has 3 N–H and O–H groups in total. The average Bonchev–Trinajstić information content (AvgIpc) is 2.52. The molecule has 3 unspecified atom stereocenters. The highest BCUT2D eigenvalue weighted by Crippen LogP contribution is 2.31. The molecule has 21 heavy (non-hydrogen) atoms. The summed E-state index contributed by atoms with van der Waals surface area (Å²) in [5, 5.41) is 3.22. The fourth-order valence-electron chi connectivity index (χ4n) is 4.18. The van der Waals surface area contributed by atoms with Crippen LogP contribution < -0.4 is 11.1 Å². The van der Waals surface area contributed by atoms with E-state index in [-0.39, 0.29) is 11.8 Å². The molecule has 1 amide bonds. The van der Waals surface area contributed by atoms with Crippen LogP contribution in [-0.2, 0) is 4.79 Å². The first kappa shape index (κ1) is 16.8. The number of carbonyl (C=O) groups is 1. The zero-order chi connectivity index (χ0) is 15.2.